The average Bonchev–Trinajstić information content (AvgIpc) is 2.34. The van der Waals surface area contributed by atoms with E-state index >= 15 is 0 Å². The molecular formula is C7H6N2OS. The van der Waals surface area contributed by atoms with Gasteiger partial charge in [0.15, 0.2) is 4.96 Å². The van der Waals surface area contributed by atoms with Crippen LogP contribution in [-0.2, 0) is 0 Å². The van der Waals surface area contributed by atoms with Crippen LogP contribution in [-0.4, -0.2) is 9.38 Å². The Morgan fingerprint density at radius 1 is 1.64 bits per heavy atom. The van der Waals surface area contributed by atoms with E-state index in [4.69, 9.17) is 0 Å². The van der Waals surface area contributed by atoms with Crippen molar-refractivity contribution in [1.82, 2.24) is 9.38 Å². The summed E-state index contributed by atoms with van der Waals surface area (Å²) in [7, 11) is 0. The Morgan fingerprint density at radius 2 is 2.45 bits per heavy atom. The Bertz CT molecular complexity index is 443. The number of hydrogen-bond acceptors (Lipinski definition) is 3. The Morgan fingerprint density at radius 3 is 3.18 bits per heavy atom. The normalized spacial score (nSPS) is 10.6. The quantitative estimate of drug-likeness (QED) is 0.586. The number of aromatic nitrogens is 2. The molecule has 3 nitrogen and oxygen atoms in total. The van der Waals surface area contributed by atoms with Gasteiger partial charge in [0.2, 0.25) is 0 Å². The highest BCUT2D eigenvalue weighted by atomic mass is 32.1. The van der Waals surface area contributed by atoms with Crippen LogP contribution >= 0.6 is 11.3 Å². The second kappa shape index (κ2) is 2.17. The minimum Gasteiger partial charge on any atom is -0.269 e. The lowest BCUT2D eigenvalue weighted by molar-refractivity contribution is 1.02. The van der Waals surface area contributed by atoms with Gasteiger partial charge in [-0.25, -0.2) is 4.98 Å². The Kier molecular flexibility index (Phi) is 1.29. The maximum absolute atomic E-state index is 11.2. The molecular weight excluding hydrogens is 160 g/mol. The summed E-state index contributed by atoms with van der Waals surface area (Å²) in [5.74, 6) is 0. The van der Waals surface area contributed by atoms with E-state index in [0.717, 1.165) is 10.7 Å². The molecule has 0 aliphatic heterocycles. The van der Waals surface area contributed by atoms with Crippen LogP contribution in [0.15, 0.2) is 22.4 Å². The van der Waals surface area contributed by atoms with Crippen molar-refractivity contribution in [3.05, 3.63) is 33.7 Å². The van der Waals surface area contributed by atoms with Crippen molar-refractivity contribution in [3.8, 4) is 0 Å². The molecule has 0 unspecified atom stereocenters. The zero-order chi connectivity index (χ0) is 7.84. The summed E-state index contributed by atoms with van der Waals surface area (Å²) in [5, 5.41) is 1.92. The van der Waals surface area contributed by atoms with Crippen LogP contribution < -0.4 is 5.56 Å². The zero-order valence-electron chi connectivity index (χ0n) is 5.94. The van der Waals surface area contributed by atoms with E-state index in [9.17, 15) is 4.79 Å². The lowest BCUT2D eigenvalue weighted by atomic mass is 10.5. The van der Waals surface area contributed by atoms with Gasteiger partial charge in [0.25, 0.3) is 5.56 Å². The molecule has 0 fully saturated rings. The minimum atomic E-state index is -0.00579. The van der Waals surface area contributed by atoms with Crippen LogP contribution in [0.5, 0.6) is 0 Å². The molecule has 4 heteroatoms. The van der Waals surface area contributed by atoms with Gasteiger partial charge < -0.3 is 0 Å². The Labute approximate surface area is 66.9 Å². The van der Waals surface area contributed by atoms with Crippen molar-refractivity contribution < 1.29 is 0 Å². The first-order valence-corrected chi connectivity index (χ1v) is 4.09. The summed E-state index contributed by atoms with van der Waals surface area (Å²) < 4.78 is 1.60. The molecule has 0 aliphatic rings. The first-order chi connectivity index (χ1) is 5.29. The number of rotatable bonds is 0. The fourth-order valence-electron chi connectivity index (χ4n) is 0.990. The second-order valence-electron chi connectivity index (χ2n) is 2.28. The van der Waals surface area contributed by atoms with Gasteiger partial charge in [-0.05, 0) is 6.92 Å². The van der Waals surface area contributed by atoms with Crippen LogP contribution in [0.4, 0.5) is 0 Å². The highest BCUT2D eigenvalue weighted by Gasteiger charge is 1.99. The Balaban J connectivity index is 3.08. The smallest absolute Gasteiger partial charge is 0.258 e. The molecule has 0 saturated carbocycles. The van der Waals surface area contributed by atoms with E-state index in [1.807, 2.05) is 12.3 Å². The molecule has 0 atom stereocenters. The molecule has 0 saturated heterocycles. The molecule has 0 aliphatic carbocycles. The van der Waals surface area contributed by atoms with Crippen LogP contribution in [0.25, 0.3) is 4.96 Å². The molecule has 11 heavy (non-hydrogen) atoms. The first kappa shape index (κ1) is 6.54. The van der Waals surface area contributed by atoms with Crippen molar-refractivity contribution in [2.75, 3.05) is 0 Å². The van der Waals surface area contributed by atoms with Gasteiger partial charge in [0.1, 0.15) is 0 Å². The molecule has 0 spiro atoms. The van der Waals surface area contributed by atoms with Gasteiger partial charge in [0.05, 0.1) is 0 Å². The Hall–Kier alpha value is -1.16. The molecule has 56 valence electrons. The summed E-state index contributed by atoms with van der Waals surface area (Å²) in [6.45, 7) is 1.90. The predicted octanol–water partition coefficient (Wildman–Crippen LogP) is 1.06. The fourth-order valence-corrected chi connectivity index (χ4v) is 1.83. The van der Waals surface area contributed by atoms with E-state index < -0.39 is 0 Å². The van der Waals surface area contributed by atoms with E-state index in [1.54, 1.807) is 4.40 Å². The number of thiazole rings is 1. The number of aryl methyl sites for hydroxylation is 1. The van der Waals surface area contributed by atoms with Gasteiger partial charge >= 0.3 is 0 Å². The highest BCUT2D eigenvalue weighted by Crippen LogP contribution is 2.09. The summed E-state index contributed by atoms with van der Waals surface area (Å²) >= 11 is 1.48. The van der Waals surface area contributed by atoms with Crippen LogP contribution in [0, 0.1) is 6.92 Å². The third-order valence-corrected chi connectivity index (χ3v) is 2.46. The minimum absolute atomic E-state index is 0.00579. The van der Waals surface area contributed by atoms with Crippen molar-refractivity contribution in [3.63, 3.8) is 0 Å². The molecule has 0 amide bonds. The molecule has 2 heterocycles. The SMILES string of the molecule is Cc1csc2nccc(=O)n12. The molecule has 0 bridgehead atoms. The third-order valence-electron chi connectivity index (χ3n) is 1.50. The predicted molar refractivity (Wildman–Crippen MR) is 44.1 cm³/mol. The third kappa shape index (κ3) is 0.867. The molecule has 2 aromatic heterocycles. The average molecular weight is 166 g/mol. The van der Waals surface area contributed by atoms with Crippen LogP contribution in [0.2, 0.25) is 0 Å². The van der Waals surface area contributed by atoms with Gasteiger partial charge in [-0.2, -0.15) is 0 Å². The summed E-state index contributed by atoms with van der Waals surface area (Å²) in [5.41, 5.74) is 0.942. The molecule has 0 radical (unpaired) electrons. The summed E-state index contributed by atoms with van der Waals surface area (Å²) in [4.78, 5) is 16.0. The first-order valence-electron chi connectivity index (χ1n) is 3.21. The van der Waals surface area contributed by atoms with E-state index in [-0.39, 0.29) is 5.56 Å². The second-order valence-corrected chi connectivity index (χ2v) is 3.11. The van der Waals surface area contributed by atoms with Gasteiger partial charge in [-0.1, -0.05) is 0 Å². The fraction of sp³-hybridized carbons (Fsp3) is 0.143. The number of nitrogens with zero attached hydrogens (tertiary/aromatic N) is 2. The maximum atomic E-state index is 11.2. The molecule has 2 aromatic rings. The molecule has 0 N–H and O–H groups in total. The maximum Gasteiger partial charge on any atom is 0.258 e. The van der Waals surface area contributed by atoms with Crippen molar-refractivity contribution in [1.29, 1.82) is 0 Å². The van der Waals surface area contributed by atoms with Crippen LogP contribution in [0.3, 0.4) is 0 Å². The van der Waals surface area contributed by atoms with Crippen LogP contribution in [0.1, 0.15) is 5.69 Å². The molecule has 2 rings (SSSR count). The van der Waals surface area contributed by atoms with Crippen molar-refractivity contribution in [2.45, 2.75) is 6.92 Å². The van der Waals surface area contributed by atoms with Crippen molar-refractivity contribution in [2.24, 2.45) is 0 Å². The lowest BCUT2D eigenvalue weighted by Gasteiger charge is -1.90. The van der Waals surface area contributed by atoms with E-state index in [2.05, 4.69) is 4.98 Å². The standard InChI is InChI=1S/C7H6N2OS/c1-5-4-11-7-8-3-2-6(10)9(5)7/h2-4H,1H3. The van der Waals surface area contributed by atoms with E-state index in [1.165, 1.54) is 23.6 Å². The monoisotopic (exact) mass is 166 g/mol. The number of hydrogen-bond donors (Lipinski definition) is 0. The van der Waals surface area contributed by atoms with Gasteiger partial charge in [-0.3, -0.25) is 9.20 Å². The zero-order valence-corrected chi connectivity index (χ0v) is 6.76. The van der Waals surface area contributed by atoms with Crippen molar-refractivity contribution >= 4 is 16.3 Å². The van der Waals surface area contributed by atoms with Gasteiger partial charge in [0, 0.05) is 23.3 Å². The number of fused-ring (bicyclic) bond motifs is 1. The largest absolute Gasteiger partial charge is 0.269 e. The molecule has 0 aromatic carbocycles. The topological polar surface area (TPSA) is 34.4 Å². The summed E-state index contributed by atoms with van der Waals surface area (Å²) in [6, 6.07) is 1.46. The lowest BCUT2D eigenvalue weighted by Crippen LogP contribution is -2.11. The van der Waals surface area contributed by atoms with Gasteiger partial charge in [-0.15, -0.1) is 11.3 Å². The van der Waals surface area contributed by atoms with E-state index in [0.29, 0.717) is 0 Å². The summed E-state index contributed by atoms with van der Waals surface area (Å²) in [6.07, 6.45) is 1.54. The highest BCUT2D eigenvalue weighted by molar-refractivity contribution is 7.15.